The van der Waals surface area contributed by atoms with Crippen LogP contribution in [0.2, 0.25) is 0 Å². The minimum Gasteiger partial charge on any atom is -0.508 e. The monoisotopic (exact) mass is 922 g/mol. The fraction of sp³-hybridized carbons (Fsp3) is 0.360. The van der Waals surface area contributed by atoms with E-state index >= 15 is 0 Å². The van der Waals surface area contributed by atoms with E-state index in [1.54, 1.807) is 40.4 Å². The van der Waals surface area contributed by atoms with Crippen LogP contribution in [0.5, 0.6) is 23.0 Å². The van der Waals surface area contributed by atoms with Crippen molar-refractivity contribution in [2.45, 2.75) is 62.8 Å². The highest BCUT2D eigenvalue weighted by Gasteiger charge is 2.68. The van der Waals surface area contributed by atoms with Gasteiger partial charge in [-0.15, -0.1) is 0 Å². The molecule has 0 radical (unpaired) electrons. The fourth-order valence-electron chi connectivity index (χ4n) is 10.2. The number of hydrogen-bond acceptors (Lipinski definition) is 13. The first kappa shape index (κ1) is 47.7. The zero-order valence-corrected chi connectivity index (χ0v) is 38.7. The molecule has 4 aromatic carbocycles. The molecular weight excluding hydrogens is 866 g/mol. The summed E-state index contributed by atoms with van der Waals surface area (Å²) in [6, 6.07) is 26.3. The molecular formula is C50H57N3O12P+. The van der Waals surface area contributed by atoms with E-state index in [0.29, 0.717) is 12.0 Å². The number of ketones is 2. The lowest BCUT2D eigenvalue weighted by atomic mass is 9.54. The van der Waals surface area contributed by atoms with Gasteiger partial charge in [0.2, 0.25) is 11.7 Å². The van der Waals surface area contributed by atoms with Gasteiger partial charge in [-0.2, -0.15) is 0 Å². The van der Waals surface area contributed by atoms with Gasteiger partial charge in [0.05, 0.1) is 51.1 Å². The van der Waals surface area contributed by atoms with Crippen molar-refractivity contribution in [1.82, 2.24) is 10.2 Å². The summed E-state index contributed by atoms with van der Waals surface area (Å²) < 4.78 is 16.5. The van der Waals surface area contributed by atoms with Crippen LogP contribution in [-0.4, -0.2) is 113 Å². The minimum absolute atomic E-state index is 0.125. The summed E-state index contributed by atoms with van der Waals surface area (Å²) in [5.41, 5.74) is 1.38. The number of carbonyl (C=O) groups is 4. The van der Waals surface area contributed by atoms with Gasteiger partial charge in [-0.05, 0) is 118 Å². The van der Waals surface area contributed by atoms with Gasteiger partial charge in [-0.1, -0.05) is 19.1 Å². The van der Waals surface area contributed by atoms with E-state index < -0.39 is 88.7 Å². The number of nitrogens with one attached hydrogen (secondary N) is 1. The maximum atomic E-state index is 14.4. The number of ether oxygens (including phenoxy) is 3. The standard InChI is InChI=1S/C50H56N3O12P/c1-27-35-24-11-28(43(55)38(35)44(56)39-37(27)45(57)41-42(53(2)3)46(58)40(49(51)61)48(60)50(41,62)47(39)59)26-52-36(54)10-8-7-9-25-66(32-18-12-29(63-4)13-19-32,33-20-14-30(64-5)15-21-33)34-22-16-31(65-6)17-23-34/h11-24,27,37,41-42,45,57,62H,7-10,25-26H2,1-6H3,(H5-,51,52,54,55,56,58,59,60,61)/p+1/t27-,37+,41+,42-,45-,50-/m0/s1. The molecule has 0 aromatic heterocycles. The molecule has 0 heterocycles. The molecule has 66 heavy (non-hydrogen) atoms. The third-order valence-corrected chi connectivity index (χ3v) is 18.2. The Bertz CT molecular complexity index is 2480. The van der Waals surface area contributed by atoms with Gasteiger partial charge in [-0.25, -0.2) is 0 Å². The van der Waals surface area contributed by atoms with Crippen LogP contribution in [-0.2, 0) is 25.7 Å². The largest absolute Gasteiger partial charge is 0.508 e. The SMILES string of the molecule is COc1ccc([P+](CCCCCC(=O)NCc2ccc3c(c2O)C(O)=C2C(=O)[C@]4(O)C(O)=C(C(N)=O)C(=O)[C@@H](N(C)C)[C@@H]4[C@@H](O)[C@@H]2[C@H]3C)(c2ccc(OC)cc2)c2ccc(OC)cc2)cc1. The molecule has 348 valence electrons. The molecule has 0 spiro atoms. The van der Waals surface area contributed by atoms with Crippen LogP contribution in [0.15, 0.2) is 102 Å². The number of methoxy groups -OCH3 is 3. The molecule has 6 atom stereocenters. The van der Waals surface area contributed by atoms with Crippen molar-refractivity contribution >= 4 is 52.3 Å². The Morgan fingerprint density at radius 2 is 1.30 bits per heavy atom. The predicted molar refractivity (Wildman–Crippen MR) is 250 cm³/mol. The number of phenols is 1. The Hall–Kier alpha value is -6.25. The minimum atomic E-state index is -3.02. The molecule has 0 unspecified atom stereocenters. The number of primary amides is 1. The van der Waals surface area contributed by atoms with Crippen LogP contribution in [0.3, 0.4) is 0 Å². The van der Waals surface area contributed by atoms with E-state index in [0.717, 1.165) is 36.3 Å². The second-order valence-corrected chi connectivity index (χ2v) is 20.9. The Morgan fingerprint density at radius 3 is 1.77 bits per heavy atom. The number of aliphatic hydroxyl groups excluding tert-OH is 3. The Balaban J connectivity index is 1.08. The van der Waals surface area contributed by atoms with Crippen molar-refractivity contribution in [3.8, 4) is 23.0 Å². The Morgan fingerprint density at radius 1 is 0.788 bits per heavy atom. The third-order valence-electron chi connectivity index (χ3n) is 13.6. The van der Waals surface area contributed by atoms with Crippen LogP contribution >= 0.6 is 7.26 Å². The van der Waals surface area contributed by atoms with Gasteiger partial charge in [0.25, 0.3) is 5.91 Å². The highest BCUT2D eigenvalue weighted by Crippen LogP contribution is 2.58. The van der Waals surface area contributed by atoms with E-state index in [9.17, 15) is 44.7 Å². The zero-order chi connectivity index (χ0) is 47.8. The van der Waals surface area contributed by atoms with Crippen molar-refractivity contribution in [1.29, 1.82) is 0 Å². The summed E-state index contributed by atoms with van der Waals surface area (Å²) in [5.74, 6) is -7.69. The molecule has 1 saturated carbocycles. The molecule has 3 aliphatic carbocycles. The number of hydrogen-bond donors (Lipinski definition) is 7. The fourth-order valence-corrected chi connectivity index (χ4v) is 14.6. The van der Waals surface area contributed by atoms with Crippen molar-refractivity contribution < 1.29 is 58.9 Å². The molecule has 1 fully saturated rings. The lowest BCUT2D eigenvalue weighted by Crippen LogP contribution is -2.70. The summed E-state index contributed by atoms with van der Waals surface area (Å²) in [6.07, 6.45) is 1.43. The molecule has 0 saturated heterocycles. The van der Waals surface area contributed by atoms with Gasteiger partial charge < -0.3 is 50.8 Å². The molecule has 2 amide bonds. The first-order valence-electron chi connectivity index (χ1n) is 21.7. The summed E-state index contributed by atoms with van der Waals surface area (Å²) >= 11 is 0. The number of amides is 2. The molecule has 7 rings (SSSR count). The number of unbranched alkanes of at least 4 members (excludes halogenated alkanes) is 2. The average molecular weight is 923 g/mol. The molecule has 16 heteroatoms. The van der Waals surface area contributed by atoms with Crippen LogP contribution in [0.25, 0.3) is 5.76 Å². The summed E-state index contributed by atoms with van der Waals surface area (Å²) in [6.45, 7) is 1.54. The summed E-state index contributed by atoms with van der Waals surface area (Å²) in [7, 11) is 5.57. The van der Waals surface area contributed by atoms with Gasteiger partial charge in [0.15, 0.2) is 11.4 Å². The summed E-state index contributed by atoms with van der Waals surface area (Å²) in [4.78, 5) is 54.8. The van der Waals surface area contributed by atoms with E-state index in [-0.39, 0.29) is 30.0 Å². The molecule has 15 nitrogen and oxygen atoms in total. The van der Waals surface area contributed by atoms with Gasteiger partial charge in [0.1, 0.15) is 63.3 Å². The number of rotatable bonds is 16. The maximum Gasteiger partial charge on any atom is 0.255 e. The number of nitrogens with zero attached hydrogens (tertiary/aromatic N) is 1. The van der Waals surface area contributed by atoms with Gasteiger partial charge >= 0.3 is 0 Å². The van der Waals surface area contributed by atoms with Crippen LogP contribution in [0, 0.1) is 11.8 Å². The van der Waals surface area contributed by atoms with E-state index in [1.807, 2.05) is 36.4 Å². The Kier molecular flexibility index (Phi) is 13.7. The number of aliphatic hydroxyl groups is 4. The van der Waals surface area contributed by atoms with Gasteiger partial charge in [-0.3, -0.25) is 24.1 Å². The number of fused-ring (bicyclic) bond motifs is 3. The molecule has 0 aliphatic heterocycles. The molecule has 0 bridgehead atoms. The summed E-state index contributed by atoms with van der Waals surface area (Å²) in [5, 5.41) is 64.8. The molecule has 3 aliphatic rings. The molecule has 8 N–H and O–H groups in total. The first-order chi connectivity index (χ1) is 31.5. The second kappa shape index (κ2) is 18.9. The van der Waals surface area contributed by atoms with Gasteiger partial charge in [0, 0.05) is 30.0 Å². The predicted octanol–water partition coefficient (Wildman–Crippen LogP) is 3.69. The van der Waals surface area contributed by atoms with E-state index in [4.69, 9.17) is 19.9 Å². The highest BCUT2D eigenvalue weighted by molar-refractivity contribution is 7.95. The average Bonchev–Trinajstić information content (AvgIpc) is 3.31. The van der Waals surface area contributed by atoms with E-state index in [2.05, 4.69) is 41.7 Å². The lowest BCUT2D eigenvalue weighted by Gasteiger charge is -2.53. The topological polar surface area (TPSA) is 238 Å². The Labute approximate surface area is 383 Å². The quantitative estimate of drug-likeness (QED) is 0.0483. The number of likely N-dealkylation sites (N-methyl/N-ethyl adjacent to an activating group) is 1. The zero-order valence-electron chi connectivity index (χ0n) is 37.8. The number of carbonyl (C=O) groups excluding carboxylic acids is 4. The van der Waals surface area contributed by atoms with Crippen LogP contribution in [0.4, 0.5) is 0 Å². The maximum absolute atomic E-state index is 14.4. The molecule has 4 aromatic rings. The normalized spacial score (nSPS) is 22.7. The number of benzene rings is 4. The third kappa shape index (κ3) is 7.97. The first-order valence-corrected chi connectivity index (χ1v) is 23.7. The number of nitrogens with two attached hydrogens (primary N) is 1. The van der Waals surface area contributed by atoms with Crippen LogP contribution in [0.1, 0.15) is 55.2 Å². The van der Waals surface area contributed by atoms with Crippen molar-refractivity contribution in [3.63, 3.8) is 0 Å². The highest BCUT2D eigenvalue weighted by atomic mass is 31.2. The van der Waals surface area contributed by atoms with Crippen molar-refractivity contribution in [2.75, 3.05) is 41.6 Å². The number of Topliss-reactive ketones (excluding diaryl/α,β-unsaturated/α-hetero) is 2. The number of aromatic hydroxyl groups is 1. The van der Waals surface area contributed by atoms with Crippen molar-refractivity contribution in [3.05, 3.63) is 119 Å². The van der Waals surface area contributed by atoms with Crippen molar-refractivity contribution in [2.24, 2.45) is 17.6 Å². The van der Waals surface area contributed by atoms with E-state index in [1.165, 1.54) is 34.9 Å². The lowest BCUT2D eigenvalue weighted by molar-refractivity contribution is -0.169. The smallest absolute Gasteiger partial charge is 0.255 e. The van der Waals surface area contributed by atoms with Crippen LogP contribution < -0.4 is 41.2 Å². The second-order valence-electron chi connectivity index (χ2n) is 17.3. The number of phenolic OH excluding ortho intramolecular Hbond substituents is 1.